The molecule has 2 amide bonds. The summed E-state index contributed by atoms with van der Waals surface area (Å²) in [5, 5.41) is 8.89. The van der Waals surface area contributed by atoms with Crippen LogP contribution < -0.4 is 0 Å². The lowest BCUT2D eigenvalue weighted by atomic mass is 9.83. The van der Waals surface area contributed by atoms with Crippen molar-refractivity contribution in [2.75, 3.05) is 26.7 Å². The lowest BCUT2D eigenvalue weighted by Crippen LogP contribution is -2.45. The quantitative estimate of drug-likeness (QED) is 0.809. The second kappa shape index (κ2) is 6.29. The Labute approximate surface area is 121 Å². The van der Waals surface area contributed by atoms with Crippen molar-refractivity contribution in [3.05, 3.63) is 11.6 Å². The first kappa shape index (κ1) is 16.5. The van der Waals surface area contributed by atoms with E-state index in [0.717, 1.165) is 6.42 Å². The normalized spacial score (nSPS) is 17.4. The third-order valence-electron chi connectivity index (χ3n) is 3.74. The Balaban J connectivity index is 2.58. The second-order valence-electron chi connectivity index (χ2n) is 6.58. The summed E-state index contributed by atoms with van der Waals surface area (Å²) in [6.45, 7) is 9.69. The first-order valence-corrected chi connectivity index (χ1v) is 7.05. The van der Waals surface area contributed by atoms with Gasteiger partial charge in [0.15, 0.2) is 0 Å². The molecule has 0 aromatic rings. The number of rotatable bonds is 3. The third kappa shape index (κ3) is 4.25. The van der Waals surface area contributed by atoms with Gasteiger partial charge >= 0.3 is 12.0 Å². The van der Waals surface area contributed by atoms with Crippen molar-refractivity contribution < 1.29 is 14.7 Å². The van der Waals surface area contributed by atoms with Crippen LogP contribution >= 0.6 is 0 Å². The van der Waals surface area contributed by atoms with Crippen molar-refractivity contribution in [1.29, 1.82) is 0 Å². The van der Waals surface area contributed by atoms with E-state index in [1.807, 2.05) is 0 Å². The Kier molecular flexibility index (Phi) is 5.20. The van der Waals surface area contributed by atoms with Gasteiger partial charge < -0.3 is 14.9 Å². The minimum absolute atomic E-state index is 0.0951. The molecule has 1 aliphatic heterocycles. The van der Waals surface area contributed by atoms with Gasteiger partial charge in [-0.2, -0.15) is 0 Å². The number of nitrogens with zero attached hydrogens (tertiary/aromatic N) is 2. The van der Waals surface area contributed by atoms with Crippen LogP contribution in [0.1, 0.15) is 34.1 Å². The minimum Gasteiger partial charge on any atom is -0.481 e. The number of carbonyl (C=O) groups is 2. The molecule has 1 N–H and O–H groups in total. The van der Waals surface area contributed by atoms with Crippen LogP contribution in [0.15, 0.2) is 11.6 Å². The van der Waals surface area contributed by atoms with Crippen molar-refractivity contribution in [3.63, 3.8) is 0 Å². The molecule has 0 fully saturated rings. The number of hydrogen-bond acceptors (Lipinski definition) is 2. The van der Waals surface area contributed by atoms with E-state index in [9.17, 15) is 9.59 Å². The predicted molar refractivity (Wildman–Crippen MR) is 78.6 cm³/mol. The Hall–Kier alpha value is -1.52. The number of carboxylic acid groups (broad SMARTS) is 1. The van der Waals surface area contributed by atoms with Gasteiger partial charge in [-0.25, -0.2) is 4.79 Å². The van der Waals surface area contributed by atoms with Crippen LogP contribution in [0.2, 0.25) is 0 Å². The SMILES string of the molecule is CC(CN(C)C(=O)N1CC=C(C(C)(C)C)CC1)C(=O)O. The highest BCUT2D eigenvalue weighted by Crippen LogP contribution is 2.30. The standard InChI is InChI=1S/C15H26N2O3/c1-11(13(18)19)10-16(5)14(20)17-8-6-12(7-9-17)15(2,3)4/h6,11H,7-10H2,1-5H3,(H,18,19). The van der Waals surface area contributed by atoms with Crippen LogP contribution in [0.4, 0.5) is 4.79 Å². The Morgan fingerprint density at radius 2 is 2.05 bits per heavy atom. The van der Waals surface area contributed by atoms with Gasteiger partial charge in [0, 0.05) is 26.7 Å². The number of aliphatic carboxylic acids is 1. The molecule has 0 aromatic carbocycles. The molecular weight excluding hydrogens is 256 g/mol. The summed E-state index contributed by atoms with van der Waals surface area (Å²) < 4.78 is 0. The van der Waals surface area contributed by atoms with Crippen molar-refractivity contribution in [2.24, 2.45) is 11.3 Å². The van der Waals surface area contributed by atoms with Crippen LogP contribution in [-0.2, 0) is 4.79 Å². The Bertz CT molecular complexity index is 410. The van der Waals surface area contributed by atoms with Gasteiger partial charge in [-0.3, -0.25) is 4.79 Å². The van der Waals surface area contributed by atoms with Crippen LogP contribution in [-0.4, -0.2) is 53.6 Å². The summed E-state index contributed by atoms with van der Waals surface area (Å²) in [4.78, 5) is 26.3. The second-order valence-corrected chi connectivity index (χ2v) is 6.58. The number of amides is 2. The molecule has 0 aromatic heterocycles. The van der Waals surface area contributed by atoms with Crippen LogP contribution in [0.25, 0.3) is 0 Å². The zero-order valence-electron chi connectivity index (χ0n) is 13.1. The zero-order chi connectivity index (χ0) is 15.5. The first-order valence-electron chi connectivity index (χ1n) is 7.05. The summed E-state index contributed by atoms with van der Waals surface area (Å²) in [7, 11) is 1.66. The lowest BCUT2D eigenvalue weighted by molar-refractivity contribution is -0.141. The molecule has 1 atom stereocenters. The van der Waals surface area contributed by atoms with Crippen molar-refractivity contribution in [2.45, 2.75) is 34.1 Å². The maximum absolute atomic E-state index is 12.2. The van der Waals surface area contributed by atoms with E-state index >= 15 is 0 Å². The molecule has 1 rings (SSSR count). The Morgan fingerprint density at radius 1 is 1.45 bits per heavy atom. The number of carbonyl (C=O) groups excluding carboxylic acids is 1. The smallest absolute Gasteiger partial charge is 0.320 e. The molecule has 0 bridgehead atoms. The lowest BCUT2D eigenvalue weighted by Gasteiger charge is -2.34. The van der Waals surface area contributed by atoms with Crippen LogP contribution in [0.3, 0.4) is 0 Å². The van der Waals surface area contributed by atoms with E-state index in [4.69, 9.17) is 5.11 Å². The molecule has 1 aliphatic rings. The molecule has 0 aliphatic carbocycles. The number of carboxylic acids is 1. The fourth-order valence-corrected chi connectivity index (χ4v) is 2.33. The summed E-state index contributed by atoms with van der Waals surface area (Å²) in [6.07, 6.45) is 3.01. The van der Waals surface area contributed by atoms with Crippen LogP contribution in [0.5, 0.6) is 0 Å². The highest BCUT2D eigenvalue weighted by atomic mass is 16.4. The van der Waals surface area contributed by atoms with Gasteiger partial charge in [0.25, 0.3) is 0 Å². The molecular formula is C15H26N2O3. The number of urea groups is 1. The van der Waals surface area contributed by atoms with Crippen molar-refractivity contribution in [3.8, 4) is 0 Å². The molecule has 20 heavy (non-hydrogen) atoms. The molecule has 0 saturated heterocycles. The highest BCUT2D eigenvalue weighted by Gasteiger charge is 2.26. The third-order valence-corrected chi connectivity index (χ3v) is 3.74. The molecule has 5 nitrogen and oxygen atoms in total. The Morgan fingerprint density at radius 3 is 2.45 bits per heavy atom. The highest BCUT2D eigenvalue weighted by molar-refractivity contribution is 5.76. The van der Waals surface area contributed by atoms with Crippen molar-refractivity contribution >= 4 is 12.0 Å². The van der Waals surface area contributed by atoms with E-state index < -0.39 is 11.9 Å². The van der Waals surface area contributed by atoms with E-state index in [2.05, 4.69) is 26.8 Å². The average molecular weight is 282 g/mol. The average Bonchev–Trinajstić information content (AvgIpc) is 2.36. The van der Waals surface area contributed by atoms with E-state index in [1.54, 1.807) is 18.9 Å². The van der Waals surface area contributed by atoms with Gasteiger partial charge in [0.1, 0.15) is 0 Å². The fourth-order valence-electron chi connectivity index (χ4n) is 2.33. The number of hydrogen-bond donors (Lipinski definition) is 1. The zero-order valence-corrected chi connectivity index (χ0v) is 13.1. The maximum Gasteiger partial charge on any atom is 0.320 e. The molecule has 0 saturated carbocycles. The van der Waals surface area contributed by atoms with Gasteiger partial charge in [0.2, 0.25) is 0 Å². The molecule has 5 heteroatoms. The van der Waals surface area contributed by atoms with Crippen molar-refractivity contribution in [1.82, 2.24) is 9.80 Å². The molecule has 1 unspecified atom stereocenters. The fraction of sp³-hybridized carbons (Fsp3) is 0.733. The topological polar surface area (TPSA) is 60.9 Å². The van der Waals surface area contributed by atoms with Gasteiger partial charge in [0.05, 0.1) is 5.92 Å². The van der Waals surface area contributed by atoms with Gasteiger partial charge in [-0.15, -0.1) is 0 Å². The van der Waals surface area contributed by atoms with E-state index in [1.165, 1.54) is 10.5 Å². The largest absolute Gasteiger partial charge is 0.481 e. The summed E-state index contributed by atoms with van der Waals surface area (Å²) in [5.74, 6) is -1.42. The van der Waals surface area contributed by atoms with Crippen LogP contribution in [0, 0.1) is 11.3 Å². The minimum atomic E-state index is -0.877. The van der Waals surface area contributed by atoms with E-state index in [-0.39, 0.29) is 18.0 Å². The molecule has 1 heterocycles. The summed E-state index contributed by atoms with van der Waals surface area (Å²) in [5.41, 5.74) is 1.53. The van der Waals surface area contributed by atoms with Gasteiger partial charge in [-0.1, -0.05) is 39.3 Å². The monoisotopic (exact) mass is 282 g/mol. The first-order chi connectivity index (χ1) is 9.12. The van der Waals surface area contributed by atoms with Gasteiger partial charge in [-0.05, 0) is 11.8 Å². The van der Waals surface area contributed by atoms with E-state index in [0.29, 0.717) is 13.1 Å². The molecule has 0 radical (unpaired) electrons. The predicted octanol–water partition coefficient (Wildman–Crippen LogP) is 2.44. The summed E-state index contributed by atoms with van der Waals surface area (Å²) in [6, 6.07) is -0.0951. The summed E-state index contributed by atoms with van der Waals surface area (Å²) >= 11 is 0. The maximum atomic E-state index is 12.2. The molecule has 0 spiro atoms. The molecule has 114 valence electrons.